The summed E-state index contributed by atoms with van der Waals surface area (Å²) < 4.78 is 26.4. The summed E-state index contributed by atoms with van der Waals surface area (Å²) in [7, 11) is -3.35. The minimum absolute atomic E-state index is 0.290. The van der Waals surface area contributed by atoms with Crippen molar-refractivity contribution >= 4 is 21.1 Å². The number of benzene rings is 1. The van der Waals surface area contributed by atoms with Gasteiger partial charge in [0.1, 0.15) is 5.82 Å². The van der Waals surface area contributed by atoms with E-state index in [1.54, 1.807) is 0 Å². The van der Waals surface area contributed by atoms with Crippen molar-refractivity contribution in [2.24, 2.45) is 23.2 Å². The minimum Gasteiger partial charge on any atom is -0.232 e. The van der Waals surface area contributed by atoms with Crippen molar-refractivity contribution in [1.82, 2.24) is 8.96 Å². The standard InChI is InChI=1S/C19H24N2O2S/c1-24(22,23)21-17-5-3-2-4-16(17)20-18(21)12-19-9-13-6-14(10-19)8-15(7-13)11-19/h2-5,13-15H,6-12H2,1H3. The summed E-state index contributed by atoms with van der Waals surface area (Å²) in [5.74, 6) is 3.35. The number of para-hydroxylation sites is 2. The normalized spacial score (nSPS) is 35.0. The fourth-order valence-electron chi connectivity index (χ4n) is 6.38. The summed E-state index contributed by atoms with van der Waals surface area (Å²) >= 11 is 0. The van der Waals surface area contributed by atoms with E-state index >= 15 is 0 Å². The van der Waals surface area contributed by atoms with E-state index in [1.807, 2.05) is 24.3 Å². The van der Waals surface area contributed by atoms with E-state index in [0.717, 1.165) is 41.0 Å². The van der Waals surface area contributed by atoms with E-state index < -0.39 is 10.0 Å². The molecule has 1 aromatic heterocycles. The van der Waals surface area contributed by atoms with Crippen LogP contribution in [-0.2, 0) is 16.4 Å². The van der Waals surface area contributed by atoms with E-state index in [9.17, 15) is 8.42 Å². The lowest BCUT2D eigenvalue weighted by atomic mass is 9.49. The molecule has 4 bridgehead atoms. The molecule has 4 nitrogen and oxygen atoms in total. The lowest BCUT2D eigenvalue weighted by Gasteiger charge is -2.56. The Morgan fingerprint density at radius 2 is 1.67 bits per heavy atom. The van der Waals surface area contributed by atoms with Gasteiger partial charge in [0.05, 0.1) is 17.3 Å². The lowest BCUT2D eigenvalue weighted by Crippen LogP contribution is -2.47. The molecule has 6 rings (SSSR count). The molecule has 4 aliphatic carbocycles. The molecule has 2 aromatic rings. The lowest BCUT2D eigenvalue weighted by molar-refractivity contribution is -0.0531. The second-order valence-corrected chi connectivity index (χ2v) is 10.5. The summed E-state index contributed by atoms with van der Waals surface area (Å²) in [4.78, 5) is 4.74. The van der Waals surface area contributed by atoms with Gasteiger partial charge in [0.25, 0.3) is 0 Å². The number of rotatable bonds is 3. The van der Waals surface area contributed by atoms with E-state index in [1.165, 1.54) is 48.8 Å². The van der Waals surface area contributed by atoms with E-state index in [0.29, 0.717) is 5.41 Å². The Bertz CT molecular complexity index is 877. The van der Waals surface area contributed by atoms with Gasteiger partial charge in [-0.1, -0.05) is 12.1 Å². The molecule has 24 heavy (non-hydrogen) atoms. The van der Waals surface area contributed by atoms with Crippen LogP contribution in [0.5, 0.6) is 0 Å². The van der Waals surface area contributed by atoms with Gasteiger partial charge in [-0.3, -0.25) is 0 Å². The topological polar surface area (TPSA) is 52.0 Å². The highest BCUT2D eigenvalue weighted by Gasteiger charge is 2.51. The van der Waals surface area contributed by atoms with Crippen molar-refractivity contribution in [3.63, 3.8) is 0 Å². The van der Waals surface area contributed by atoms with Crippen molar-refractivity contribution in [3.8, 4) is 0 Å². The maximum absolute atomic E-state index is 12.4. The molecule has 0 spiro atoms. The molecule has 0 saturated heterocycles. The molecule has 0 radical (unpaired) electrons. The van der Waals surface area contributed by atoms with Crippen LogP contribution < -0.4 is 0 Å². The molecule has 4 saturated carbocycles. The molecule has 0 unspecified atom stereocenters. The maximum Gasteiger partial charge on any atom is 0.237 e. The van der Waals surface area contributed by atoms with Gasteiger partial charge in [-0.15, -0.1) is 0 Å². The van der Waals surface area contributed by atoms with Crippen molar-refractivity contribution in [3.05, 3.63) is 30.1 Å². The van der Waals surface area contributed by atoms with Crippen LogP contribution in [0, 0.1) is 23.2 Å². The second-order valence-electron chi connectivity index (χ2n) is 8.64. The first kappa shape index (κ1) is 14.9. The largest absolute Gasteiger partial charge is 0.237 e. The summed E-state index contributed by atoms with van der Waals surface area (Å²) in [6.45, 7) is 0. The Labute approximate surface area is 143 Å². The van der Waals surface area contributed by atoms with E-state index in [2.05, 4.69) is 0 Å². The predicted octanol–water partition coefficient (Wildman–Crippen LogP) is 3.60. The van der Waals surface area contributed by atoms with Gasteiger partial charge in [-0.25, -0.2) is 17.4 Å². The van der Waals surface area contributed by atoms with Crippen LogP contribution in [0.3, 0.4) is 0 Å². The summed E-state index contributed by atoms with van der Waals surface area (Å²) in [6.07, 6.45) is 10.1. The zero-order valence-electron chi connectivity index (χ0n) is 14.1. The Balaban J connectivity index is 1.60. The van der Waals surface area contributed by atoms with Gasteiger partial charge < -0.3 is 0 Å². The van der Waals surface area contributed by atoms with Crippen LogP contribution in [0.15, 0.2) is 24.3 Å². The molecular weight excluding hydrogens is 320 g/mol. The second kappa shape index (κ2) is 4.84. The molecule has 0 atom stereocenters. The summed E-state index contributed by atoms with van der Waals surface area (Å²) in [6, 6.07) is 7.60. The van der Waals surface area contributed by atoms with E-state index in [4.69, 9.17) is 4.98 Å². The summed E-state index contributed by atoms with van der Waals surface area (Å²) in [5.41, 5.74) is 1.81. The molecule has 4 fully saturated rings. The molecule has 0 N–H and O–H groups in total. The Hall–Kier alpha value is -1.36. The Morgan fingerprint density at radius 1 is 1.08 bits per heavy atom. The van der Waals surface area contributed by atoms with Gasteiger partial charge in [-0.05, 0) is 73.8 Å². The molecule has 5 heteroatoms. The van der Waals surface area contributed by atoms with Gasteiger partial charge in [0.2, 0.25) is 10.0 Å². The zero-order chi connectivity index (χ0) is 16.5. The number of nitrogens with zero attached hydrogens (tertiary/aromatic N) is 2. The molecule has 4 aliphatic rings. The van der Waals surface area contributed by atoms with Gasteiger partial charge in [0, 0.05) is 6.42 Å². The van der Waals surface area contributed by atoms with Crippen LogP contribution in [0.4, 0.5) is 0 Å². The first-order valence-corrected chi connectivity index (χ1v) is 10.9. The van der Waals surface area contributed by atoms with Gasteiger partial charge in [0.15, 0.2) is 0 Å². The van der Waals surface area contributed by atoms with Crippen LogP contribution in [0.1, 0.15) is 44.3 Å². The minimum atomic E-state index is -3.35. The third-order valence-electron chi connectivity index (χ3n) is 6.61. The van der Waals surface area contributed by atoms with Crippen LogP contribution in [0.2, 0.25) is 0 Å². The molecule has 128 valence electrons. The quantitative estimate of drug-likeness (QED) is 0.855. The molecule has 0 amide bonds. The highest BCUT2D eigenvalue weighted by Crippen LogP contribution is 2.61. The summed E-state index contributed by atoms with van der Waals surface area (Å²) in [5, 5.41) is 0. The SMILES string of the molecule is CS(=O)(=O)n1c(CC23CC4CC(CC(C4)C2)C3)nc2ccccc21. The number of imidazole rings is 1. The third kappa shape index (κ3) is 2.24. The first-order chi connectivity index (χ1) is 11.4. The van der Waals surface area contributed by atoms with Crippen molar-refractivity contribution < 1.29 is 8.42 Å². The van der Waals surface area contributed by atoms with Crippen molar-refractivity contribution in [2.75, 3.05) is 6.26 Å². The smallest absolute Gasteiger partial charge is 0.232 e. The third-order valence-corrected chi connectivity index (χ3v) is 7.69. The first-order valence-electron chi connectivity index (χ1n) is 9.09. The molecule has 1 aromatic carbocycles. The number of aromatic nitrogens is 2. The van der Waals surface area contributed by atoms with Crippen LogP contribution in [0.25, 0.3) is 11.0 Å². The monoisotopic (exact) mass is 344 g/mol. The molecule has 1 heterocycles. The van der Waals surface area contributed by atoms with Gasteiger partial charge >= 0.3 is 0 Å². The highest BCUT2D eigenvalue weighted by molar-refractivity contribution is 7.89. The predicted molar refractivity (Wildman–Crippen MR) is 94.3 cm³/mol. The fraction of sp³-hybridized carbons (Fsp3) is 0.632. The Morgan fingerprint density at radius 3 is 2.25 bits per heavy atom. The Kier molecular flexibility index (Phi) is 3.01. The number of hydrogen-bond acceptors (Lipinski definition) is 3. The van der Waals surface area contributed by atoms with Crippen LogP contribution >= 0.6 is 0 Å². The van der Waals surface area contributed by atoms with Crippen molar-refractivity contribution in [1.29, 1.82) is 0 Å². The average molecular weight is 344 g/mol. The van der Waals surface area contributed by atoms with Crippen LogP contribution in [-0.4, -0.2) is 23.6 Å². The average Bonchev–Trinajstić information content (AvgIpc) is 2.82. The van der Waals surface area contributed by atoms with Crippen molar-refractivity contribution in [2.45, 2.75) is 44.9 Å². The zero-order valence-corrected chi connectivity index (χ0v) is 14.9. The molecular formula is C19H24N2O2S. The number of hydrogen-bond donors (Lipinski definition) is 0. The van der Waals surface area contributed by atoms with Gasteiger partial charge in [-0.2, -0.15) is 0 Å². The molecule has 0 aliphatic heterocycles. The fourth-order valence-corrected chi connectivity index (χ4v) is 7.38. The maximum atomic E-state index is 12.4. The number of fused-ring (bicyclic) bond motifs is 1. The highest BCUT2D eigenvalue weighted by atomic mass is 32.2. The van der Waals surface area contributed by atoms with E-state index in [-0.39, 0.29) is 0 Å².